The second-order valence-electron chi connectivity index (χ2n) is 7.06. The maximum atomic E-state index is 13.3. The molecule has 0 amide bonds. The highest BCUT2D eigenvalue weighted by Gasteiger charge is 2.22. The maximum Gasteiger partial charge on any atom is 0.263 e. The zero-order chi connectivity index (χ0) is 18.1. The minimum atomic E-state index is 0.0956. The average Bonchev–Trinajstić information content (AvgIpc) is 3.04. The van der Waals surface area contributed by atoms with E-state index in [1.54, 1.807) is 11.3 Å². The number of hydrogen-bond donors (Lipinski definition) is 1. The number of nitrogens with zero attached hydrogens (tertiary/aromatic N) is 2. The van der Waals surface area contributed by atoms with Crippen LogP contribution in [0.25, 0.3) is 10.2 Å². The second-order valence-corrected chi connectivity index (χ2v) is 8.14. The third-order valence-corrected chi connectivity index (χ3v) is 6.35. The SMILES string of the molecule is CCCn1c(NC(C)c2ccccc2)nc2sc3c(c2c1=O)CCCC3. The van der Waals surface area contributed by atoms with Crippen LogP contribution >= 0.6 is 11.3 Å². The topological polar surface area (TPSA) is 46.9 Å². The van der Waals surface area contributed by atoms with Gasteiger partial charge in [-0.15, -0.1) is 11.3 Å². The van der Waals surface area contributed by atoms with E-state index in [1.165, 1.54) is 28.8 Å². The lowest BCUT2D eigenvalue weighted by Gasteiger charge is -2.19. The Kier molecular flexibility index (Phi) is 4.81. The standard InChI is InChI=1S/C21H25N3OS/c1-3-13-24-20(25)18-16-11-7-8-12-17(16)26-19(18)23-21(24)22-14(2)15-9-5-4-6-10-15/h4-6,9-10,14H,3,7-8,11-13H2,1-2H3,(H,22,23). The number of nitrogens with one attached hydrogen (secondary N) is 1. The molecule has 1 aliphatic carbocycles. The van der Waals surface area contributed by atoms with E-state index in [9.17, 15) is 4.79 Å². The third kappa shape index (κ3) is 3.05. The summed E-state index contributed by atoms with van der Waals surface area (Å²) in [6.07, 6.45) is 5.42. The monoisotopic (exact) mass is 367 g/mol. The fourth-order valence-electron chi connectivity index (χ4n) is 3.80. The molecule has 0 aliphatic heterocycles. The smallest absolute Gasteiger partial charge is 0.263 e. The highest BCUT2D eigenvalue weighted by Crippen LogP contribution is 2.34. The lowest BCUT2D eigenvalue weighted by atomic mass is 9.97. The van der Waals surface area contributed by atoms with Gasteiger partial charge in [0, 0.05) is 11.4 Å². The molecule has 0 bridgehead atoms. The van der Waals surface area contributed by atoms with Crippen LogP contribution in [0.5, 0.6) is 0 Å². The van der Waals surface area contributed by atoms with E-state index in [0.29, 0.717) is 12.5 Å². The Morgan fingerprint density at radius 3 is 2.77 bits per heavy atom. The Balaban J connectivity index is 1.80. The Morgan fingerprint density at radius 2 is 2.00 bits per heavy atom. The quantitative estimate of drug-likeness (QED) is 0.696. The zero-order valence-electron chi connectivity index (χ0n) is 15.4. The van der Waals surface area contributed by atoms with Crippen molar-refractivity contribution >= 4 is 27.5 Å². The largest absolute Gasteiger partial charge is 0.349 e. The van der Waals surface area contributed by atoms with Gasteiger partial charge in [-0.2, -0.15) is 0 Å². The molecular formula is C21H25N3OS. The summed E-state index contributed by atoms with van der Waals surface area (Å²) in [5.74, 6) is 0.694. The van der Waals surface area contributed by atoms with Crippen LogP contribution in [0.3, 0.4) is 0 Å². The number of fused-ring (bicyclic) bond motifs is 3. The van der Waals surface area contributed by atoms with Crippen LogP contribution in [0.4, 0.5) is 5.95 Å². The lowest BCUT2D eigenvalue weighted by Crippen LogP contribution is -2.26. The van der Waals surface area contributed by atoms with Gasteiger partial charge >= 0.3 is 0 Å². The first-order valence-electron chi connectivity index (χ1n) is 9.55. The van der Waals surface area contributed by atoms with Crippen molar-refractivity contribution in [3.63, 3.8) is 0 Å². The van der Waals surface area contributed by atoms with Gasteiger partial charge in [-0.25, -0.2) is 4.98 Å². The van der Waals surface area contributed by atoms with E-state index in [4.69, 9.17) is 4.98 Å². The van der Waals surface area contributed by atoms with E-state index >= 15 is 0 Å². The number of rotatable bonds is 5. The van der Waals surface area contributed by atoms with E-state index < -0.39 is 0 Å². The first-order chi connectivity index (χ1) is 12.7. The van der Waals surface area contributed by atoms with E-state index in [2.05, 4.69) is 31.3 Å². The second kappa shape index (κ2) is 7.23. The van der Waals surface area contributed by atoms with Gasteiger partial charge in [-0.1, -0.05) is 37.3 Å². The predicted molar refractivity (Wildman–Crippen MR) is 109 cm³/mol. The molecule has 1 atom stereocenters. The molecule has 1 aliphatic rings. The number of aromatic nitrogens is 2. The van der Waals surface area contributed by atoms with Gasteiger partial charge in [-0.05, 0) is 50.2 Å². The van der Waals surface area contributed by atoms with Crippen molar-refractivity contribution in [3.8, 4) is 0 Å². The van der Waals surface area contributed by atoms with Crippen molar-refractivity contribution in [2.24, 2.45) is 0 Å². The van der Waals surface area contributed by atoms with Crippen LogP contribution in [-0.4, -0.2) is 9.55 Å². The third-order valence-electron chi connectivity index (χ3n) is 5.17. The van der Waals surface area contributed by atoms with Crippen molar-refractivity contribution < 1.29 is 0 Å². The summed E-state index contributed by atoms with van der Waals surface area (Å²) in [7, 11) is 0. The average molecular weight is 368 g/mol. The number of anilines is 1. The van der Waals surface area contributed by atoms with Gasteiger partial charge in [0.05, 0.1) is 11.4 Å². The molecule has 2 aromatic heterocycles. The molecular weight excluding hydrogens is 342 g/mol. The van der Waals surface area contributed by atoms with Crippen molar-refractivity contribution in [2.45, 2.75) is 58.5 Å². The first kappa shape index (κ1) is 17.3. The Morgan fingerprint density at radius 1 is 1.23 bits per heavy atom. The van der Waals surface area contributed by atoms with Crippen LogP contribution in [0.1, 0.15) is 55.2 Å². The van der Waals surface area contributed by atoms with Gasteiger partial charge in [-0.3, -0.25) is 9.36 Å². The zero-order valence-corrected chi connectivity index (χ0v) is 16.2. The summed E-state index contributed by atoms with van der Waals surface area (Å²) in [4.78, 5) is 20.4. The number of hydrogen-bond acceptors (Lipinski definition) is 4. The molecule has 1 unspecified atom stereocenters. The fourth-order valence-corrected chi connectivity index (χ4v) is 5.05. The van der Waals surface area contributed by atoms with Crippen LogP contribution in [0.2, 0.25) is 0 Å². The minimum Gasteiger partial charge on any atom is -0.349 e. The summed E-state index contributed by atoms with van der Waals surface area (Å²) in [5, 5.41) is 4.35. The molecule has 1 aromatic carbocycles. The summed E-state index contributed by atoms with van der Waals surface area (Å²) in [6.45, 7) is 4.90. The van der Waals surface area contributed by atoms with Gasteiger partial charge in [0.1, 0.15) is 4.83 Å². The minimum absolute atomic E-state index is 0.0956. The summed E-state index contributed by atoms with van der Waals surface area (Å²) in [5.41, 5.74) is 2.58. The van der Waals surface area contributed by atoms with Crippen LogP contribution in [-0.2, 0) is 19.4 Å². The Bertz CT molecular complexity index is 974. The number of thiophene rings is 1. The maximum absolute atomic E-state index is 13.3. The molecule has 4 rings (SSSR count). The van der Waals surface area contributed by atoms with E-state index in [0.717, 1.165) is 29.5 Å². The van der Waals surface area contributed by atoms with E-state index in [1.807, 2.05) is 22.8 Å². The molecule has 0 saturated carbocycles. The van der Waals surface area contributed by atoms with Gasteiger partial charge < -0.3 is 5.32 Å². The summed E-state index contributed by atoms with van der Waals surface area (Å²) < 4.78 is 1.84. The van der Waals surface area contributed by atoms with Crippen LogP contribution in [0.15, 0.2) is 35.1 Å². The fraction of sp³-hybridized carbons (Fsp3) is 0.429. The van der Waals surface area contributed by atoms with E-state index in [-0.39, 0.29) is 11.6 Å². The van der Waals surface area contributed by atoms with Gasteiger partial charge in [0.25, 0.3) is 5.56 Å². The molecule has 2 heterocycles. The molecule has 5 heteroatoms. The molecule has 4 nitrogen and oxygen atoms in total. The lowest BCUT2D eigenvalue weighted by molar-refractivity contribution is 0.644. The first-order valence-corrected chi connectivity index (χ1v) is 10.4. The molecule has 26 heavy (non-hydrogen) atoms. The van der Waals surface area contributed by atoms with Crippen molar-refractivity contribution in [2.75, 3.05) is 5.32 Å². The molecule has 1 N–H and O–H groups in total. The highest BCUT2D eigenvalue weighted by molar-refractivity contribution is 7.18. The molecule has 0 radical (unpaired) electrons. The Labute approximate surface area is 157 Å². The van der Waals surface area contributed by atoms with Crippen LogP contribution < -0.4 is 10.9 Å². The van der Waals surface area contributed by atoms with Crippen molar-refractivity contribution in [1.29, 1.82) is 0 Å². The molecule has 3 aromatic rings. The number of benzene rings is 1. The Hall–Kier alpha value is -2.14. The van der Waals surface area contributed by atoms with Gasteiger partial charge in [0.2, 0.25) is 5.95 Å². The highest BCUT2D eigenvalue weighted by atomic mass is 32.1. The van der Waals surface area contributed by atoms with Gasteiger partial charge in [0.15, 0.2) is 0 Å². The molecule has 0 fully saturated rings. The molecule has 136 valence electrons. The van der Waals surface area contributed by atoms with Crippen molar-refractivity contribution in [3.05, 3.63) is 56.7 Å². The van der Waals surface area contributed by atoms with Crippen molar-refractivity contribution in [1.82, 2.24) is 9.55 Å². The number of aryl methyl sites for hydroxylation is 2. The predicted octanol–water partition coefficient (Wildman–Crippen LogP) is 4.92. The normalized spacial score (nSPS) is 15.0. The summed E-state index contributed by atoms with van der Waals surface area (Å²) >= 11 is 1.71. The summed E-state index contributed by atoms with van der Waals surface area (Å²) in [6, 6.07) is 10.4. The van der Waals surface area contributed by atoms with Crippen LogP contribution in [0, 0.1) is 0 Å². The molecule has 0 spiro atoms. The molecule has 0 saturated heterocycles.